The summed E-state index contributed by atoms with van der Waals surface area (Å²) in [6, 6.07) is 0. The van der Waals surface area contributed by atoms with E-state index in [-0.39, 0.29) is 27.1 Å². The molecule has 0 atom stereocenters. The van der Waals surface area contributed by atoms with Crippen molar-refractivity contribution in [1.82, 2.24) is 0 Å². The van der Waals surface area contributed by atoms with Gasteiger partial charge in [-0.3, -0.25) is 0 Å². The molecule has 1 nitrogen and oxygen atoms in total. The molecular weight excluding hydrogens is 218 g/mol. The van der Waals surface area contributed by atoms with Gasteiger partial charge in [0.1, 0.15) is 5.70 Å². The SMILES string of the molecule is CC1=C(C)C(C)(C)C([N+](C)(C)C)=C1C.[Ti]. The van der Waals surface area contributed by atoms with Gasteiger partial charge in [-0.25, -0.2) is 0 Å². The van der Waals surface area contributed by atoms with Gasteiger partial charge in [-0.15, -0.1) is 0 Å². The molecule has 0 spiro atoms. The minimum atomic E-state index is 0. The van der Waals surface area contributed by atoms with Crippen molar-refractivity contribution in [3.05, 3.63) is 22.4 Å². The largest absolute Gasteiger partial charge is 0.301 e. The number of hydrogen-bond donors (Lipinski definition) is 0. The van der Waals surface area contributed by atoms with Crippen LogP contribution in [0.25, 0.3) is 0 Å². The van der Waals surface area contributed by atoms with Crippen LogP contribution in [0.2, 0.25) is 0 Å². The molecule has 1 aliphatic carbocycles. The third-order valence-corrected chi connectivity index (χ3v) is 3.68. The van der Waals surface area contributed by atoms with Crippen molar-refractivity contribution in [1.29, 1.82) is 0 Å². The van der Waals surface area contributed by atoms with Crippen LogP contribution in [0.3, 0.4) is 0 Å². The predicted octanol–water partition coefficient (Wildman–Crippen LogP) is 3.34. The summed E-state index contributed by atoms with van der Waals surface area (Å²) in [5.41, 5.74) is 6.27. The van der Waals surface area contributed by atoms with Crippen molar-refractivity contribution in [2.24, 2.45) is 5.41 Å². The Morgan fingerprint density at radius 1 is 0.867 bits per heavy atom. The first-order chi connectivity index (χ1) is 6.10. The van der Waals surface area contributed by atoms with Gasteiger partial charge in [0.2, 0.25) is 0 Å². The Morgan fingerprint density at radius 3 is 1.40 bits per heavy atom. The van der Waals surface area contributed by atoms with Crippen LogP contribution in [0, 0.1) is 5.41 Å². The molecule has 2 heteroatoms. The Hall–Kier alpha value is 0.154. The zero-order valence-corrected chi connectivity index (χ0v) is 13.0. The summed E-state index contributed by atoms with van der Waals surface area (Å²) in [7, 11) is 6.77. The van der Waals surface area contributed by atoms with E-state index in [4.69, 9.17) is 0 Å². The van der Waals surface area contributed by atoms with Gasteiger partial charge in [0.15, 0.2) is 0 Å². The zero-order valence-electron chi connectivity index (χ0n) is 11.4. The van der Waals surface area contributed by atoms with Gasteiger partial charge in [0.05, 0.1) is 26.6 Å². The van der Waals surface area contributed by atoms with Gasteiger partial charge in [-0.05, 0) is 40.2 Å². The number of quaternary nitrogens is 1. The normalized spacial score (nSPS) is 20.8. The third kappa shape index (κ3) is 2.30. The van der Waals surface area contributed by atoms with Crippen LogP contribution in [0.4, 0.5) is 0 Å². The summed E-state index contributed by atoms with van der Waals surface area (Å²) in [6.45, 7) is 11.4. The molecule has 0 aliphatic heterocycles. The first-order valence-corrected chi connectivity index (χ1v) is 5.32. The van der Waals surface area contributed by atoms with E-state index in [1.807, 2.05) is 0 Å². The van der Waals surface area contributed by atoms with E-state index >= 15 is 0 Å². The second kappa shape index (κ2) is 4.20. The fraction of sp³-hybridized carbons (Fsp3) is 0.692. The topological polar surface area (TPSA) is 0 Å². The molecule has 0 amide bonds. The van der Waals surface area contributed by atoms with E-state index in [1.165, 1.54) is 16.7 Å². The van der Waals surface area contributed by atoms with E-state index in [2.05, 4.69) is 55.8 Å². The van der Waals surface area contributed by atoms with Crippen molar-refractivity contribution < 1.29 is 26.2 Å². The molecule has 0 aromatic rings. The summed E-state index contributed by atoms with van der Waals surface area (Å²) in [5, 5.41) is 0. The van der Waals surface area contributed by atoms with Crippen molar-refractivity contribution in [2.75, 3.05) is 21.1 Å². The Kier molecular flexibility index (Phi) is 4.24. The standard InChI is InChI=1S/C13H24N.Ti/c1-9-10(2)12(14(6,7)8)13(4,5)11(9)3;/h1-8H3;/q+1;. The monoisotopic (exact) mass is 242 g/mol. The summed E-state index contributed by atoms with van der Waals surface area (Å²) >= 11 is 0. The maximum absolute atomic E-state index is 2.33. The second-order valence-corrected chi connectivity index (χ2v) is 5.86. The first-order valence-electron chi connectivity index (χ1n) is 5.32. The van der Waals surface area contributed by atoms with Crippen LogP contribution in [-0.2, 0) is 21.7 Å². The number of hydrogen-bond acceptors (Lipinski definition) is 0. The molecule has 0 heterocycles. The van der Waals surface area contributed by atoms with Crippen LogP contribution in [-0.4, -0.2) is 25.6 Å². The van der Waals surface area contributed by atoms with Gasteiger partial charge in [0.25, 0.3) is 0 Å². The molecule has 0 N–H and O–H groups in total. The maximum Gasteiger partial charge on any atom is 0.121 e. The Morgan fingerprint density at radius 2 is 1.27 bits per heavy atom. The van der Waals surface area contributed by atoms with Crippen LogP contribution in [0.5, 0.6) is 0 Å². The molecule has 84 valence electrons. The predicted molar refractivity (Wildman–Crippen MR) is 62.9 cm³/mol. The van der Waals surface area contributed by atoms with Crippen molar-refractivity contribution >= 4 is 0 Å². The molecule has 1 rings (SSSR count). The smallest absolute Gasteiger partial charge is 0.121 e. The van der Waals surface area contributed by atoms with E-state index in [9.17, 15) is 0 Å². The maximum atomic E-state index is 2.33. The molecule has 0 bridgehead atoms. The number of rotatable bonds is 1. The molecule has 0 radical (unpaired) electrons. The average Bonchev–Trinajstić information content (AvgIpc) is 2.10. The van der Waals surface area contributed by atoms with Crippen LogP contribution >= 0.6 is 0 Å². The Bertz CT molecular complexity index is 327. The van der Waals surface area contributed by atoms with E-state index in [1.54, 1.807) is 5.70 Å². The van der Waals surface area contributed by atoms with Gasteiger partial charge in [0, 0.05) is 27.3 Å². The van der Waals surface area contributed by atoms with Crippen molar-refractivity contribution in [3.63, 3.8) is 0 Å². The zero-order chi connectivity index (χ0) is 11.3. The molecule has 0 unspecified atom stereocenters. The van der Waals surface area contributed by atoms with Gasteiger partial charge < -0.3 is 4.48 Å². The fourth-order valence-corrected chi connectivity index (χ4v) is 2.92. The first kappa shape index (κ1) is 15.2. The number of allylic oxidation sites excluding steroid dienone is 3. The summed E-state index contributed by atoms with van der Waals surface area (Å²) in [6.07, 6.45) is 0. The molecule has 0 aromatic heterocycles. The van der Waals surface area contributed by atoms with E-state index in [0.717, 1.165) is 4.48 Å². The van der Waals surface area contributed by atoms with Gasteiger partial charge in [-0.1, -0.05) is 5.57 Å². The second-order valence-electron chi connectivity index (χ2n) is 5.86. The molecule has 0 saturated carbocycles. The van der Waals surface area contributed by atoms with Crippen LogP contribution in [0.1, 0.15) is 34.6 Å². The van der Waals surface area contributed by atoms with Crippen molar-refractivity contribution in [2.45, 2.75) is 34.6 Å². The fourth-order valence-electron chi connectivity index (χ4n) is 2.92. The minimum absolute atomic E-state index is 0. The summed E-state index contributed by atoms with van der Waals surface area (Å²) in [4.78, 5) is 0. The molecule has 0 aromatic carbocycles. The summed E-state index contributed by atoms with van der Waals surface area (Å²) in [5.74, 6) is 0. The van der Waals surface area contributed by atoms with Crippen LogP contribution < -0.4 is 0 Å². The average molecular weight is 242 g/mol. The van der Waals surface area contributed by atoms with E-state index in [0.29, 0.717) is 0 Å². The Balaban J connectivity index is 0.00000196. The quantitative estimate of drug-likeness (QED) is 0.488. The van der Waals surface area contributed by atoms with Crippen LogP contribution in [0.15, 0.2) is 22.4 Å². The molecule has 0 fully saturated rings. The van der Waals surface area contributed by atoms with E-state index < -0.39 is 0 Å². The minimum Gasteiger partial charge on any atom is -0.301 e. The Labute approximate surface area is 110 Å². The van der Waals surface area contributed by atoms with Gasteiger partial charge >= 0.3 is 0 Å². The molecule has 0 saturated heterocycles. The van der Waals surface area contributed by atoms with Gasteiger partial charge in [-0.2, -0.15) is 0 Å². The molecule has 15 heavy (non-hydrogen) atoms. The molecular formula is C13H24NTi+. The summed E-state index contributed by atoms with van der Waals surface area (Å²) < 4.78 is 0.938. The molecule has 1 aliphatic rings. The number of nitrogens with zero attached hydrogens (tertiary/aromatic N) is 1. The third-order valence-electron chi connectivity index (χ3n) is 3.68. The van der Waals surface area contributed by atoms with Crippen molar-refractivity contribution in [3.8, 4) is 0 Å².